The lowest BCUT2D eigenvalue weighted by Gasteiger charge is -2.36. The van der Waals surface area contributed by atoms with Crippen molar-refractivity contribution in [3.63, 3.8) is 0 Å². The summed E-state index contributed by atoms with van der Waals surface area (Å²) in [6, 6.07) is 3.45. The number of rotatable bonds is 4. The summed E-state index contributed by atoms with van der Waals surface area (Å²) in [6.07, 6.45) is 0.891. The molecule has 0 aromatic carbocycles. The predicted molar refractivity (Wildman–Crippen MR) is 92.9 cm³/mol. The minimum atomic E-state index is -0.624. The van der Waals surface area contributed by atoms with Crippen LogP contribution in [0.3, 0.4) is 0 Å². The molecular formula is C17H20N2O5S. The summed E-state index contributed by atoms with van der Waals surface area (Å²) >= 11 is 1.11. The first kappa shape index (κ1) is 17.6. The van der Waals surface area contributed by atoms with Crippen LogP contribution in [0.5, 0.6) is 0 Å². The molecule has 0 unspecified atom stereocenters. The number of hydrogen-bond acceptors (Lipinski definition) is 7. The van der Waals surface area contributed by atoms with Crippen molar-refractivity contribution >= 4 is 28.3 Å². The van der Waals surface area contributed by atoms with Crippen molar-refractivity contribution < 1.29 is 23.5 Å². The summed E-state index contributed by atoms with van der Waals surface area (Å²) in [5, 5.41) is 2.87. The van der Waals surface area contributed by atoms with E-state index in [2.05, 4.69) is 10.3 Å². The number of carbonyl (C=O) groups is 2. The maximum atomic E-state index is 12.9. The lowest BCUT2D eigenvalue weighted by molar-refractivity contribution is -0.0765. The molecule has 0 bridgehead atoms. The Kier molecular flexibility index (Phi) is 4.42. The van der Waals surface area contributed by atoms with Crippen LogP contribution in [-0.4, -0.2) is 35.7 Å². The molecule has 1 saturated heterocycles. The fourth-order valence-corrected chi connectivity index (χ4v) is 3.36. The maximum absolute atomic E-state index is 12.9. The molecule has 2 aromatic rings. The third kappa shape index (κ3) is 3.74. The predicted octanol–water partition coefficient (Wildman–Crippen LogP) is 3.97. The molecule has 25 heavy (non-hydrogen) atoms. The minimum Gasteiger partial charge on any atom is -0.463 e. The van der Waals surface area contributed by atoms with Crippen LogP contribution in [0.2, 0.25) is 0 Å². The molecule has 1 fully saturated rings. The number of amides is 1. The van der Waals surface area contributed by atoms with Gasteiger partial charge in [0.05, 0.1) is 24.9 Å². The Morgan fingerprint density at radius 1 is 1.36 bits per heavy atom. The Morgan fingerprint density at radius 3 is 2.60 bits per heavy atom. The summed E-state index contributed by atoms with van der Waals surface area (Å²) in [7, 11) is 0. The Morgan fingerprint density at radius 2 is 2.08 bits per heavy atom. The molecule has 0 radical (unpaired) electrons. The van der Waals surface area contributed by atoms with Crippen LogP contribution in [0, 0.1) is 5.41 Å². The van der Waals surface area contributed by atoms with Gasteiger partial charge in [-0.1, -0.05) is 11.3 Å². The van der Waals surface area contributed by atoms with Crippen LogP contribution in [0.25, 0.3) is 11.5 Å². The van der Waals surface area contributed by atoms with E-state index in [1.165, 1.54) is 6.26 Å². The molecule has 8 heteroatoms. The van der Waals surface area contributed by atoms with Crippen LogP contribution in [0.15, 0.2) is 22.8 Å². The number of thiazole rings is 1. The fraction of sp³-hybridized carbons (Fsp3) is 0.471. The zero-order valence-electron chi connectivity index (χ0n) is 14.5. The topological polar surface area (TPSA) is 90.7 Å². The molecular weight excluding hydrogens is 344 g/mol. The van der Waals surface area contributed by atoms with Gasteiger partial charge in [-0.2, -0.15) is 0 Å². The van der Waals surface area contributed by atoms with Gasteiger partial charge in [0.2, 0.25) is 0 Å². The molecule has 1 aliphatic heterocycles. The first-order valence-corrected chi connectivity index (χ1v) is 8.67. The van der Waals surface area contributed by atoms with Gasteiger partial charge in [-0.15, -0.1) is 0 Å². The molecule has 1 N–H and O–H groups in total. The quantitative estimate of drug-likeness (QED) is 0.826. The summed E-state index contributed by atoms with van der Waals surface area (Å²) < 4.78 is 15.8. The van der Waals surface area contributed by atoms with E-state index < -0.39 is 17.1 Å². The van der Waals surface area contributed by atoms with E-state index in [4.69, 9.17) is 13.9 Å². The standard InChI is InChI=1S/C17H20N2O5S/c1-16(2,3)24-15(21)19-14-18-11(10-6-5-7-23-10)12(25-14)13(20)17(4)8-22-9-17/h5-7H,8-9H2,1-4H3,(H,18,19,21). The summed E-state index contributed by atoms with van der Waals surface area (Å²) in [5.74, 6) is 0.403. The Labute approximate surface area is 149 Å². The third-order valence-corrected chi connectivity index (χ3v) is 4.55. The molecule has 1 aliphatic rings. The van der Waals surface area contributed by atoms with E-state index in [-0.39, 0.29) is 10.9 Å². The van der Waals surface area contributed by atoms with Crippen LogP contribution in [0.4, 0.5) is 9.93 Å². The zero-order chi connectivity index (χ0) is 18.2. The second-order valence-electron chi connectivity index (χ2n) is 7.18. The van der Waals surface area contributed by atoms with Crippen molar-refractivity contribution in [2.24, 2.45) is 5.41 Å². The van der Waals surface area contributed by atoms with Crippen molar-refractivity contribution in [2.75, 3.05) is 18.5 Å². The van der Waals surface area contributed by atoms with Gasteiger partial charge in [0.1, 0.15) is 16.2 Å². The molecule has 0 aliphatic carbocycles. The van der Waals surface area contributed by atoms with Gasteiger partial charge in [0.25, 0.3) is 0 Å². The van der Waals surface area contributed by atoms with Gasteiger partial charge in [-0.25, -0.2) is 9.78 Å². The molecule has 1 amide bonds. The highest BCUT2D eigenvalue weighted by molar-refractivity contribution is 7.18. The van der Waals surface area contributed by atoms with E-state index in [9.17, 15) is 9.59 Å². The third-order valence-electron chi connectivity index (χ3n) is 3.59. The van der Waals surface area contributed by atoms with Gasteiger partial charge in [-0.3, -0.25) is 10.1 Å². The lowest BCUT2D eigenvalue weighted by atomic mass is 9.82. The monoisotopic (exact) mass is 364 g/mol. The van der Waals surface area contributed by atoms with Crippen LogP contribution in [0.1, 0.15) is 37.4 Å². The van der Waals surface area contributed by atoms with Crippen molar-refractivity contribution in [3.8, 4) is 11.5 Å². The van der Waals surface area contributed by atoms with Gasteiger partial charge in [-0.05, 0) is 39.8 Å². The number of ketones is 1. The second-order valence-corrected chi connectivity index (χ2v) is 8.18. The maximum Gasteiger partial charge on any atom is 0.413 e. The van der Waals surface area contributed by atoms with Crippen molar-refractivity contribution in [1.82, 2.24) is 4.98 Å². The molecule has 0 atom stereocenters. The van der Waals surface area contributed by atoms with Crippen molar-refractivity contribution in [2.45, 2.75) is 33.3 Å². The molecule has 3 heterocycles. The number of anilines is 1. The van der Waals surface area contributed by atoms with E-state index in [1.54, 1.807) is 32.9 Å². The number of hydrogen-bond donors (Lipinski definition) is 1. The van der Waals surface area contributed by atoms with Gasteiger partial charge in [0.15, 0.2) is 16.7 Å². The van der Waals surface area contributed by atoms with Crippen LogP contribution in [-0.2, 0) is 9.47 Å². The van der Waals surface area contributed by atoms with E-state index >= 15 is 0 Å². The van der Waals surface area contributed by atoms with Gasteiger partial charge >= 0.3 is 6.09 Å². The minimum absolute atomic E-state index is 0.0695. The average molecular weight is 364 g/mol. The smallest absolute Gasteiger partial charge is 0.413 e. The average Bonchev–Trinajstić information content (AvgIpc) is 3.10. The number of nitrogens with zero attached hydrogens (tertiary/aromatic N) is 1. The number of furan rings is 1. The number of nitrogens with one attached hydrogen (secondary N) is 1. The van der Waals surface area contributed by atoms with E-state index in [1.807, 2.05) is 6.92 Å². The molecule has 3 rings (SSSR count). The van der Waals surface area contributed by atoms with Crippen molar-refractivity contribution in [3.05, 3.63) is 23.3 Å². The number of ether oxygens (including phenoxy) is 2. The second kappa shape index (κ2) is 6.27. The Hall–Kier alpha value is -2.19. The molecule has 0 spiro atoms. The highest BCUT2D eigenvalue weighted by Crippen LogP contribution is 2.39. The molecule has 2 aromatic heterocycles. The van der Waals surface area contributed by atoms with Crippen LogP contribution >= 0.6 is 11.3 Å². The highest BCUT2D eigenvalue weighted by Gasteiger charge is 2.43. The molecule has 0 saturated carbocycles. The number of carbonyl (C=O) groups excluding carboxylic acids is 2. The van der Waals surface area contributed by atoms with Crippen LogP contribution < -0.4 is 5.32 Å². The van der Waals surface area contributed by atoms with Gasteiger partial charge < -0.3 is 13.9 Å². The summed E-state index contributed by atoms with van der Waals surface area (Å²) in [4.78, 5) is 29.7. The number of aromatic nitrogens is 1. The number of Topliss-reactive ketones (excluding diaryl/α,β-unsaturated/α-hetero) is 1. The largest absolute Gasteiger partial charge is 0.463 e. The molecule has 7 nitrogen and oxygen atoms in total. The molecule has 134 valence electrons. The van der Waals surface area contributed by atoms with E-state index in [0.717, 1.165) is 11.3 Å². The Bertz CT molecular complexity index is 785. The zero-order valence-corrected chi connectivity index (χ0v) is 15.4. The lowest BCUT2D eigenvalue weighted by Crippen LogP contribution is -2.46. The van der Waals surface area contributed by atoms with E-state index in [0.29, 0.717) is 29.5 Å². The van der Waals surface area contributed by atoms with Gasteiger partial charge in [0, 0.05) is 0 Å². The van der Waals surface area contributed by atoms with Crippen molar-refractivity contribution in [1.29, 1.82) is 0 Å². The Balaban J connectivity index is 1.90. The first-order chi connectivity index (χ1) is 11.7. The highest BCUT2D eigenvalue weighted by atomic mass is 32.1. The summed E-state index contributed by atoms with van der Waals surface area (Å²) in [6.45, 7) is 7.91. The SMILES string of the molecule is CC(C)(C)OC(=O)Nc1nc(-c2ccco2)c(C(=O)C2(C)COC2)s1. The summed E-state index contributed by atoms with van der Waals surface area (Å²) in [5.41, 5.74) is -0.781. The normalized spacial score (nSPS) is 16.2. The fourth-order valence-electron chi connectivity index (χ4n) is 2.31. The first-order valence-electron chi connectivity index (χ1n) is 7.85.